The molecule has 0 aromatic heterocycles. The number of quaternary nitrogens is 1. The molecular formula is C43H48N2O7S2. The van der Waals surface area contributed by atoms with Gasteiger partial charge in [0, 0.05) is 40.8 Å². The van der Waals surface area contributed by atoms with Gasteiger partial charge in [0.05, 0.1) is 33.2 Å². The first-order chi connectivity index (χ1) is 25.5. The molecule has 4 aromatic rings. The van der Waals surface area contributed by atoms with Gasteiger partial charge in [-0.25, -0.2) is 8.42 Å². The maximum Gasteiger partial charge on any atom is 0.264 e. The third-order valence-electron chi connectivity index (χ3n) is 10.8. The van der Waals surface area contributed by atoms with Crippen molar-refractivity contribution in [3.05, 3.63) is 137 Å². The quantitative estimate of drug-likeness (QED) is 0.0338. The molecule has 4 aromatic carbocycles. The van der Waals surface area contributed by atoms with Gasteiger partial charge in [0.15, 0.2) is 5.71 Å². The number of fused-ring (bicyclic) bond motifs is 6. The summed E-state index contributed by atoms with van der Waals surface area (Å²) in [4.78, 5) is 0. The molecule has 1 unspecified atom stereocenters. The largest absolute Gasteiger partial charge is 0.748 e. The summed E-state index contributed by atoms with van der Waals surface area (Å²) in [5, 5.41) is 19.2. The van der Waals surface area contributed by atoms with Crippen LogP contribution < -0.4 is 4.65 Å². The first-order valence-corrected chi connectivity index (χ1v) is 21.5. The molecule has 284 valence electrons. The lowest BCUT2D eigenvalue weighted by atomic mass is 9.79. The number of hydrogen-bond donors (Lipinski definition) is 1. The lowest BCUT2D eigenvalue weighted by Crippen LogP contribution is -2.43. The summed E-state index contributed by atoms with van der Waals surface area (Å²) >= 11 is 0. The second-order valence-electron chi connectivity index (χ2n) is 15.3. The molecule has 9 nitrogen and oxygen atoms in total. The summed E-state index contributed by atoms with van der Waals surface area (Å²) in [5.41, 5.74) is 4.66. The van der Waals surface area contributed by atoms with Crippen LogP contribution in [-0.2, 0) is 31.1 Å². The highest BCUT2D eigenvalue weighted by atomic mass is 32.2. The van der Waals surface area contributed by atoms with E-state index in [1.165, 1.54) is 10.9 Å². The molecule has 0 saturated heterocycles. The molecule has 0 amide bonds. The molecule has 0 aliphatic carbocycles. The highest BCUT2D eigenvalue weighted by Gasteiger charge is 2.50. The molecule has 0 radical (unpaired) electrons. The summed E-state index contributed by atoms with van der Waals surface area (Å²) in [5.74, 6) is -0.774. The monoisotopic (exact) mass is 768 g/mol. The fourth-order valence-corrected chi connectivity index (χ4v) is 9.48. The number of unbranched alkanes of at least 4 members (excludes halogenated alkanes) is 2. The minimum absolute atomic E-state index is 0.132. The van der Waals surface area contributed by atoms with Crippen molar-refractivity contribution in [1.29, 1.82) is 0 Å². The van der Waals surface area contributed by atoms with Crippen LogP contribution in [0.4, 0.5) is 11.4 Å². The van der Waals surface area contributed by atoms with E-state index in [-0.39, 0.29) is 30.6 Å². The number of hydroxylamine groups is 2. The van der Waals surface area contributed by atoms with Crippen molar-refractivity contribution >= 4 is 58.9 Å². The molecule has 1 N–H and O–H groups in total. The van der Waals surface area contributed by atoms with E-state index in [0.717, 1.165) is 33.1 Å². The molecule has 0 spiro atoms. The summed E-state index contributed by atoms with van der Waals surface area (Å²) in [6, 6.07) is 24.4. The highest BCUT2D eigenvalue weighted by Crippen LogP contribution is 2.55. The Balaban J connectivity index is 1.28. The lowest BCUT2D eigenvalue weighted by molar-refractivity contribution is -0.438. The summed E-state index contributed by atoms with van der Waals surface area (Å²) < 4.78 is 67.4. The fraction of sp³-hybridized carbons (Fsp3) is 0.326. The third-order valence-corrected chi connectivity index (χ3v) is 12.4. The standard InChI is InChI=1S/C43H48N2O7S2/c1-42(2)36-26-24-33-19-11-13-21-35(33)41(36)45(46,29-15-17-31-54(50,51)52)39(42)23-9-7-5-6-8-22-38-43(3,4)40-34-20-12-10-18-32(34)25-27-37(40)44(38)28-14-16-30-53(47,48)49/h5-13,18-27H,14-17,28-31H2,1-4H3,(H-,47,48,49,50,51,52)/b6-5+,9-7+,22-8+,39-23+. The van der Waals surface area contributed by atoms with Crippen molar-refractivity contribution in [2.24, 2.45) is 0 Å². The predicted molar refractivity (Wildman–Crippen MR) is 219 cm³/mol. The van der Waals surface area contributed by atoms with Crippen molar-refractivity contribution in [1.82, 2.24) is 4.65 Å². The molecule has 0 bridgehead atoms. The van der Waals surface area contributed by atoms with E-state index in [1.807, 2.05) is 98.8 Å². The molecular weight excluding hydrogens is 721 g/mol. The minimum Gasteiger partial charge on any atom is -0.748 e. The van der Waals surface area contributed by atoms with Gasteiger partial charge in [-0.1, -0.05) is 85.0 Å². The third kappa shape index (κ3) is 7.93. The molecule has 0 saturated carbocycles. The smallest absolute Gasteiger partial charge is 0.264 e. The Kier molecular flexibility index (Phi) is 11.1. The van der Waals surface area contributed by atoms with Gasteiger partial charge < -0.3 is 9.76 Å². The molecule has 2 aliphatic heterocycles. The minimum atomic E-state index is -4.28. The topological polar surface area (TPSA) is 138 Å². The van der Waals surface area contributed by atoms with E-state index in [4.69, 9.17) is 0 Å². The average molecular weight is 769 g/mol. The average Bonchev–Trinajstić information content (AvgIpc) is 3.43. The number of rotatable bonds is 14. The van der Waals surface area contributed by atoms with Gasteiger partial charge in [-0.2, -0.15) is 13.0 Å². The molecule has 11 heteroatoms. The Hall–Kier alpha value is -4.23. The Morgan fingerprint density at radius 3 is 2.04 bits per heavy atom. The lowest BCUT2D eigenvalue weighted by Gasteiger charge is -2.42. The number of allylic oxidation sites excluding steroid dienone is 8. The van der Waals surface area contributed by atoms with E-state index in [1.54, 1.807) is 0 Å². The summed E-state index contributed by atoms with van der Waals surface area (Å²) in [7, 11) is -8.41. The molecule has 54 heavy (non-hydrogen) atoms. The van der Waals surface area contributed by atoms with Crippen LogP contribution in [-0.4, -0.2) is 60.8 Å². The van der Waals surface area contributed by atoms with Crippen LogP contribution in [0.5, 0.6) is 0 Å². The maximum absolute atomic E-state index is 15.1. The fourth-order valence-electron chi connectivity index (χ4n) is 8.35. The van der Waals surface area contributed by atoms with Gasteiger partial charge in [0.2, 0.25) is 5.69 Å². The van der Waals surface area contributed by atoms with Gasteiger partial charge in [0.1, 0.15) is 17.9 Å². The van der Waals surface area contributed by atoms with Crippen LogP contribution in [0, 0.1) is 5.21 Å². The Morgan fingerprint density at radius 2 is 1.33 bits per heavy atom. The van der Waals surface area contributed by atoms with Gasteiger partial charge >= 0.3 is 0 Å². The highest BCUT2D eigenvalue weighted by molar-refractivity contribution is 7.85. The van der Waals surface area contributed by atoms with Gasteiger partial charge in [-0.3, -0.25) is 9.20 Å². The molecule has 6 rings (SSSR count). The molecule has 2 heterocycles. The SMILES string of the molecule is CC1(C)C(/C=C/C=C/C=C/C=C2\C(C)(C)c3ccc4ccccc4c3[N+]2([O-])CCCCS(=O)(=O)O)=[N+](CCCCS(=O)(=O)[O-])c2ccc3ccccc3c21. The normalized spacial score (nSPS) is 20.4. The zero-order chi connectivity index (χ0) is 38.9. The van der Waals surface area contributed by atoms with Crippen molar-refractivity contribution < 1.29 is 30.5 Å². The maximum atomic E-state index is 15.1. The Bertz CT molecular complexity index is 2480. The van der Waals surface area contributed by atoms with Gasteiger partial charge in [-0.05, 0) is 81.3 Å². The Labute approximate surface area is 319 Å². The van der Waals surface area contributed by atoms with E-state index in [2.05, 4.69) is 48.8 Å². The molecule has 0 fully saturated rings. The Morgan fingerprint density at radius 1 is 0.722 bits per heavy atom. The van der Waals surface area contributed by atoms with E-state index < -0.39 is 36.1 Å². The number of nitrogens with zero attached hydrogens (tertiary/aromatic N) is 2. The number of benzene rings is 4. The summed E-state index contributed by atoms with van der Waals surface area (Å²) in [6.45, 7) is 9.17. The zero-order valence-electron chi connectivity index (χ0n) is 31.2. The molecule has 1 atom stereocenters. The predicted octanol–water partition coefficient (Wildman–Crippen LogP) is 8.71. The molecule has 2 aliphatic rings. The van der Waals surface area contributed by atoms with E-state index in [9.17, 15) is 25.9 Å². The van der Waals surface area contributed by atoms with Crippen LogP contribution in [0.15, 0.2) is 121 Å². The second-order valence-corrected chi connectivity index (χ2v) is 18.4. The van der Waals surface area contributed by atoms with E-state index in [0.29, 0.717) is 30.8 Å². The second kappa shape index (κ2) is 15.1. The zero-order valence-corrected chi connectivity index (χ0v) is 32.9. The van der Waals surface area contributed by atoms with Gasteiger partial charge in [-0.15, -0.1) is 0 Å². The van der Waals surface area contributed by atoms with Crippen LogP contribution in [0.25, 0.3) is 21.5 Å². The van der Waals surface area contributed by atoms with E-state index >= 15 is 5.21 Å². The van der Waals surface area contributed by atoms with Crippen LogP contribution in [0.3, 0.4) is 0 Å². The van der Waals surface area contributed by atoms with Crippen molar-refractivity contribution in [2.75, 3.05) is 24.6 Å². The van der Waals surface area contributed by atoms with Crippen LogP contribution in [0.2, 0.25) is 0 Å². The van der Waals surface area contributed by atoms with Crippen molar-refractivity contribution in [2.45, 2.75) is 64.2 Å². The van der Waals surface area contributed by atoms with Crippen LogP contribution >= 0.6 is 0 Å². The first kappa shape index (κ1) is 39.5. The van der Waals surface area contributed by atoms with Gasteiger partial charge in [0.25, 0.3) is 10.1 Å². The first-order valence-electron chi connectivity index (χ1n) is 18.4. The summed E-state index contributed by atoms with van der Waals surface area (Å²) in [6.07, 6.45) is 14.8. The number of hydrogen-bond acceptors (Lipinski definition) is 6. The van der Waals surface area contributed by atoms with Crippen LogP contribution in [0.1, 0.15) is 64.5 Å². The van der Waals surface area contributed by atoms with Crippen molar-refractivity contribution in [3.63, 3.8) is 0 Å². The van der Waals surface area contributed by atoms with Crippen molar-refractivity contribution in [3.8, 4) is 0 Å².